The normalized spacial score (nSPS) is 41.9. The van der Waals surface area contributed by atoms with Gasteiger partial charge in [0.15, 0.2) is 18.7 Å². The molecule has 2 heterocycles. The van der Waals surface area contributed by atoms with Gasteiger partial charge in [-0.2, -0.15) is 0 Å². The second-order valence-corrected chi connectivity index (χ2v) is 11.9. The number of hydrogen-bond acceptors (Lipinski definition) is 16. The summed E-state index contributed by atoms with van der Waals surface area (Å²) >= 11 is 0. The third kappa shape index (κ3) is 9.21. The van der Waals surface area contributed by atoms with Gasteiger partial charge in [0.2, 0.25) is 0 Å². The average Bonchev–Trinajstić information content (AvgIpc) is 2.95. The van der Waals surface area contributed by atoms with Crippen LogP contribution in [0.4, 0.5) is 0 Å². The first-order chi connectivity index (χ1) is 20.3. The summed E-state index contributed by atoms with van der Waals surface area (Å²) in [5.41, 5.74) is 16.7. The number of likely N-dealkylation sites (N-methyl/N-ethyl adjacent to an activating group) is 1. The Morgan fingerprint density at radius 1 is 1.09 bits per heavy atom. The Hall–Kier alpha value is -1.13. The highest BCUT2D eigenvalue weighted by Crippen LogP contribution is 2.32. The minimum atomic E-state index is -1.81. The molecule has 1 amide bonds. The number of ether oxygens (including phenoxy) is 4. The Morgan fingerprint density at radius 2 is 1.79 bits per heavy atom. The van der Waals surface area contributed by atoms with Gasteiger partial charge < -0.3 is 82.7 Å². The number of rotatable bonds is 14. The molecular weight excluding hydrogens is 572 g/mol. The molecule has 17 nitrogen and oxygen atoms in total. The molecule has 1 saturated carbocycles. The van der Waals surface area contributed by atoms with E-state index >= 15 is 0 Å². The van der Waals surface area contributed by atoms with Crippen molar-refractivity contribution in [3.05, 3.63) is 0 Å². The molecule has 1 aliphatic carbocycles. The lowest BCUT2D eigenvalue weighted by atomic mass is 9.83. The van der Waals surface area contributed by atoms with Crippen molar-refractivity contribution >= 4 is 5.91 Å². The topological polar surface area (TPSA) is 290 Å². The molecule has 43 heavy (non-hydrogen) atoms. The first-order valence-corrected chi connectivity index (χ1v) is 14.9. The van der Waals surface area contributed by atoms with Gasteiger partial charge in [-0.3, -0.25) is 4.79 Å². The fourth-order valence-electron chi connectivity index (χ4n) is 5.88. The molecule has 0 aromatic rings. The molecule has 14 atom stereocenters. The summed E-state index contributed by atoms with van der Waals surface area (Å²) in [6.07, 6.45) is -9.81. The van der Waals surface area contributed by atoms with Crippen LogP contribution >= 0.6 is 0 Å². The Balaban J connectivity index is 1.80. The largest absolute Gasteiger partial charge is 0.395 e. The standard InChI is InChI=1S/C26H52N6O11/c1-26(39)11-40-25(19(37)22(26)30-2)43-21-15(32-23(38)17(35)16(34)5-6-27)9-14(29)20(18(21)36)42-24-13(28)4-3-12(41-24)10-31-7-8-33/h12-22,24-25,30-31,33-37,39H,3-11,27-29H2,1-2H3,(H,32,38)/t12-,13?,14-,15+,16-,17-,18?,19?,20?,21?,22+,24+,25+,26?/m0/s1. The number of aliphatic hydroxyl groups excluding tert-OH is 5. The number of carbonyl (C=O) groups excluding carboxylic acids is 1. The lowest BCUT2D eigenvalue weighted by Crippen LogP contribution is -2.69. The predicted octanol–water partition coefficient (Wildman–Crippen LogP) is -6.13. The van der Waals surface area contributed by atoms with Gasteiger partial charge in [0.25, 0.3) is 5.91 Å². The van der Waals surface area contributed by atoms with E-state index in [0.717, 1.165) is 0 Å². The fourth-order valence-corrected chi connectivity index (χ4v) is 5.88. The minimum Gasteiger partial charge on any atom is -0.395 e. The van der Waals surface area contributed by atoms with E-state index in [1.54, 1.807) is 7.05 Å². The van der Waals surface area contributed by atoms with Crippen molar-refractivity contribution < 1.29 is 54.4 Å². The van der Waals surface area contributed by atoms with Gasteiger partial charge >= 0.3 is 0 Å². The molecule has 0 aromatic heterocycles. The molecule has 0 bridgehead atoms. The Kier molecular flexibility index (Phi) is 13.9. The quantitative estimate of drug-likeness (QED) is 0.0800. The Morgan fingerprint density at radius 3 is 2.44 bits per heavy atom. The zero-order valence-electron chi connectivity index (χ0n) is 24.8. The van der Waals surface area contributed by atoms with E-state index in [9.17, 15) is 30.3 Å². The van der Waals surface area contributed by atoms with Crippen molar-refractivity contribution in [1.29, 1.82) is 0 Å². The molecule has 252 valence electrons. The smallest absolute Gasteiger partial charge is 0.251 e. The van der Waals surface area contributed by atoms with Gasteiger partial charge in [0.05, 0.1) is 43.5 Å². The van der Waals surface area contributed by atoms with Crippen LogP contribution in [0.5, 0.6) is 0 Å². The zero-order valence-corrected chi connectivity index (χ0v) is 24.8. The fraction of sp³-hybridized carbons (Fsp3) is 0.962. The summed E-state index contributed by atoms with van der Waals surface area (Å²) in [5.74, 6) is -0.935. The molecule has 6 unspecified atom stereocenters. The summed E-state index contributed by atoms with van der Waals surface area (Å²) in [6.45, 7) is 2.15. The molecule has 3 fully saturated rings. The first kappa shape index (κ1) is 36.3. The Bertz CT molecular complexity index is 862. The van der Waals surface area contributed by atoms with Crippen molar-refractivity contribution in [2.75, 3.05) is 39.9 Å². The van der Waals surface area contributed by atoms with Crippen molar-refractivity contribution in [2.45, 2.75) is 118 Å². The van der Waals surface area contributed by atoms with Crippen LogP contribution in [0.2, 0.25) is 0 Å². The third-order valence-electron chi connectivity index (χ3n) is 8.32. The first-order valence-electron chi connectivity index (χ1n) is 14.9. The van der Waals surface area contributed by atoms with Crippen LogP contribution < -0.4 is 33.2 Å². The number of amides is 1. The van der Waals surface area contributed by atoms with Gasteiger partial charge in [-0.15, -0.1) is 0 Å². The van der Waals surface area contributed by atoms with Crippen molar-refractivity contribution in [2.24, 2.45) is 17.2 Å². The minimum absolute atomic E-state index is 0.00271. The van der Waals surface area contributed by atoms with E-state index in [4.69, 9.17) is 41.3 Å². The molecule has 3 rings (SSSR count). The van der Waals surface area contributed by atoms with E-state index in [2.05, 4.69) is 16.0 Å². The lowest BCUT2D eigenvalue weighted by Gasteiger charge is -2.49. The number of nitrogens with one attached hydrogen (secondary N) is 3. The van der Waals surface area contributed by atoms with E-state index in [1.165, 1.54) is 6.92 Å². The second kappa shape index (κ2) is 16.4. The lowest BCUT2D eigenvalue weighted by molar-refractivity contribution is -0.307. The van der Waals surface area contributed by atoms with Gasteiger partial charge in [-0.1, -0.05) is 0 Å². The van der Waals surface area contributed by atoms with Crippen molar-refractivity contribution in [3.63, 3.8) is 0 Å². The maximum Gasteiger partial charge on any atom is 0.251 e. The van der Waals surface area contributed by atoms with Gasteiger partial charge in [0, 0.05) is 19.1 Å². The molecule has 0 radical (unpaired) electrons. The summed E-state index contributed by atoms with van der Waals surface area (Å²) in [5, 5.41) is 71.1. The van der Waals surface area contributed by atoms with Crippen LogP contribution in [0.15, 0.2) is 0 Å². The Labute approximate surface area is 251 Å². The highest BCUT2D eigenvalue weighted by Gasteiger charge is 2.52. The average molecular weight is 625 g/mol. The molecule has 3 aliphatic rings. The highest BCUT2D eigenvalue weighted by molar-refractivity contribution is 5.81. The molecule has 0 aromatic carbocycles. The van der Waals surface area contributed by atoms with Gasteiger partial charge in [0.1, 0.15) is 30.0 Å². The summed E-state index contributed by atoms with van der Waals surface area (Å²) in [6, 6.07) is -3.25. The predicted molar refractivity (Wildman–Crippen MR) is 151 cm³/mol. The van der Waals surface area contributed by atoms with Gasteiger partial charge in [-0.25, -0.2) is 0 Å². The molecule has 0 spiro atoms. The maximum absolute atomic E-state index is 12.9. The van der Waals surface area contributed by atoms with Crippen molar-refractivity contribution in [3.8, 4) is 0 Å². The van der Waals surface area contributed by atoms with Gasteiger partial charge in [-0.05, 0) is 46.2 Å². The van der Waals surface area contributed by atoms with Crippen LogP contribution in [0.25, 0.3) is 0 Å². The number of nitrogens with two attached hydrogens (primary N) is 3. The van der Waals surface area contributed by atoms with Crippen LogP contribution in [-0.4, -0.2) is 162 Å². The van der Waals surface area contributed by atoms with Crippen LogP contribution in [0.1, 0.15) is 32.6 Å². The van der Waals surface area contributed by atoms with Crippen LogP contribution in [0, 0.1) is 0 Å². The van der Waals surface area contributed by atoms with E-state index in [0.29, 0.717) is 25.9 Å². The maximum atomic E-state index is 12.9. The molecule has 15 N–H and O–H groups in total. The molecule has 17 heteroatoms. The van der Waals surface area contributed by atoms with E-state index in [1.807, 2.05) is 0 Å². The molecule has 2 aliphatic heterocycles. The van der Waals surface area contributed by atoms with Crippen LogP contribution in [-0.2, 0) is 23.7 Å². The number of carbonyl (C=O) groups is 1. The summed E-state index contributed by atoms with van der Waals surface area (Å²) in [7, 11) is 1.56. The molecule has 2 saturated heterocycles. The van der Waals surface area contributed by atoms with Crippen molar-refractivity contribution in [1.82, 2.24) is 16.0 Å². The zero-order chi connectivity index (χ0) is 31.9. The summed E-state index contributed by atoms with van der Waals surface area (Å²) < 4.78 is 23.9. The third-order valence-corrected chi connectivity index (χ3v) is 8.32. The molecular formula is C26H52N6O11. The van der Waals surface area contributed by atoms with Crippen LogP contribution in [0.3, 0.4) is 0 Å². The highest BCUT2D eigenvalue weighted by atomic mass is 16.7. The number of hydrogen-bond donors (Lipinski definition) is 12. The van der Waals surface area contributed by atoms with E-state index < -0.39 is 84.9 Å². The number of aliphatic hydroxyl groups is 6. The monoisotopic (exact) mass is 624 g/mol. The SMILES string of the molecule is CN[C@@H]1C(O)[C@@H](OC2C(O)C(O[C@H]3O[C@H](CNCCO)CCC3N)[C@@H](N)C[C@H]2NC(=O)[C@@H](O)[C@@H](O)CCN)OCC1(C)O. The second-order valence-electron chi connectivity index (χ2n) is 11.9. The van der Waals surface area contributed by atoms with E-state index in [-0.39, 0.29) is 38.7 Å². The summed E-state index contributed by atoms with van der Waals surface area (Å²) in [4.78, 5) is 12.9.